The van der Waals surface area contributed by atoms with Crippen LogP contribution in [0.4, 0.5) is 5.82 Å². The molecule has 1 aliphatic carbocycles. The second kappa shape index (κ2) is 6.03. The molecular weight excluding hydrogens is 226 g/mol. The number of rotatable bonds is 3. The standard InChI is InChI=1S/C14H23N3O/c1-3-17-10-9-15-13(14(17)18)16-12-6-4-5-11(2)7-8-12/h9-12H,3-8H2,1-2H3,(H,15,16). The molecule has 1 aromatic heterocycles. The van der Waals surface area contributed by atoms with E-state index in [-0.39, 0.29) is 5.56 Å². The van der Waals surface area contributed by atoms with Crippen LogP contribution in [-0.4, -0.2) is 15.6 Å². The Labute approximate surface area is 108 Å². The molecule has 0 bridgehead atoms. The van der Waals surface area contributed by atoms with Crippen molar-refractivity contribution >= 4 is 5.82 Å². The molecule has 2 rings (SSSR count). The Morgan fingerprint density at radius 1 is 1.39 bits per heavy atom. The quantitative estimate of drug-likeness (QED) is 0.838. The molecule has 2 unspecified atom stereocenters. The lowest BCUT2D eigenvalue weighted by Crippen LogP contribution is -2.28. The summed E-state index contributed by atoms with van der Waals surface area (Å²) in [6, 6.07) is 0.405. The molecule has 18 heavy (non-hydrogen) atoms. The Morgan fingerprint density at radius 3 is 3.00 bits per heavy atom. The zero-order valence-corrected chi connectivity index (χ0v) is 11.4. The molecule has 4 heteroatoms. The first-order valence-corrected chi connectivity index (χ1v) is 7.02. The van der Waals surface area contributed by atoms with Crippen LogP contribution in [0.2, 0.25) is 0 Å². The van der Waals surface area contributed by atoms with Gasteiger partial charge in [-0.3, -0.25) is 4.79 Å². The zero-order valence-electron chi connectivity index (χ0n) is 11.4. The molecule has 1 N–H and O–H groups in total. The highest BCUT2D eigenvalue weighted by Gasteiger charge is 2.17. The maximum atomic E-state index is 12.1. The van der Waals surface area contributed by atoms with E-state index in [1.807, 2.05) is 6.92 Å². The number of anilines is 1. The normalized spacial score (nSPS) is 24.6. The minimum absolute atomic E-state index is 0.00250. The lowest BCUT2D eigenvalue weighted by atomic mass is 10.0. The third-order valence-electron chi connectivity index (χ3n) is 3.85. The highest BCUT2D eigenvalue weighted by molar-refractivity contribution is 5.32. The molecule has 100 valence electrons. The van der Waals surface area contributed by atoms with Crippen LogP contribution in [0, 0.1) is 5.92 Å². The highest BCUT2D eigenvalue weighted by Crippen LogP contribution is 2.23. The molecule has 0 radical (unpaired) electrons. The van der Waals surface area contributed by atoms with Gasteiger partial charge in [0.25, 0.3) is 5.56 Å². The third-order valence-corrected chi connectivity index (χ3v) is 3.85. The maximum absolute atomic E-state index is 12.1. The fourth-order valence-corrected chi connectivity index (χ4v) is 2.62. The predicted octanol–water partition coefficient (Wildman–Crippen LogP) is 2.64. The Kier molecular flexibility index (Phi) is 4.39. The van der Waals surface area contributed by atoms with Crippen LogP contribution in [0.3, 0.4) is 0 Å². The van der Waals surface area contributed by atoms with E-state index >= 15 is 0 Å². The molecule has 4 nitrogen and oxygen atoms in total. The topological polar surface area (TPSA) is 46.9 Å². The molecule has 1 heterocycles. The van der Waals surface area contributed by atoms with E-state index in [2.05, 4.69) is 17.2 Å². The van der Waals surface area contributed by atoms with Crippen molar-refractivity contribution in [3.8, 4) is 0 Å². The fraction of sp³-hybridized carbons (Fsp3) is 0.714. The summed E-state index contributed by atoms with van der Waals surface area (Å²) in [7, 11) is 0. The van der Waals surface area contributed by atoms with Crippen molar-refractivity contribution in [2.24, 2.45) is 5.92 Å². The van der Waals surface area contributed by atoms with E-state index in [1.54, 1.807) is 17.0 Å². The van der Waals surface area contributed by atoms with Gasteiger partial charge in [0, 0.05) is 25.0 Å². The van der Waals surface area contributed by atoms with E-state index in [1.165, 1.54) is 19.3 Å². The summed E-state index contributed by atoms with van der Waals surface area (Å²) in [5.41, 5.74) is -0.00250. The largest absolute Gasteiger partial charge is 0.363 e. The lowest BCUT2D eigenvalue weighted by Gasteiger charge is -2.17. The van der Waals surface area contributed by atoms with Gasteiger partial charge >= 0.3 is 0 Å². The molecule has 0 aromatic carbocycles. The molecule has 1 aromatic rings. The van der Waals surface area contributed by atoms with Gasteiger partial charge in [-0.25, -0.2) is 4.98 Å². The second-order valence-corrected chi connectivity index (χ2v) is 5.32. The summed E-state index contributed by atoms with van der Waals surface area (Å²) in [4.78, 5) is 16.2. The third kappa shape index (κ3) is 3.12. The average Bonchev–Trinajstić information content (AvgIpc) is 2.57. The van der Waals surface area contributed by atoms with Crippen molar-refractivity contribution in [1.82, 2.24) is 9.55 Å². The van der Waals surface area contributed by atoms with Gasteiger partial charge in [0.05, 0.1) is 0 Å². The van der Waals surface area contributed by atoms with Crippen molar-refractivity contribution in [3.05, 3.63) is 22.7 Å². The molecule has 0 saturated heterocycles. The molecule has 2 atom stereocenters. The van der Waals surface area contributed by atoms with Crippen molar-refractivity contribution in [3.63, 3.8) is 0 Å². The molecule has 0 aliphatic heterocycles. The number of hydrogen-bond acceptors (Lipinski definition) is 3. The summed E-state index contributed by atoms with van der Waals surface area (Å²) < 4.78 is 1.69. The first-order chi connectivity index (χ1) is 8.70. The lowest BCUT2D eigenvalue weighted by molar-refractivity contribution is 0.501. The summed E-state index contributed by atoms with van der Waals surface area (Å²) in [5, 5.41) is 3.34. The van der Waals surface area contributed by atoms with E-state index in [0.717, 1.165) is 18.8 Å². The van der Waals surface area contributed by atoms with E-state index < -0.39 is 0 Å². The number of nitrogens with one attached hydrogen (secondary N) is 1. The van der Waals surface area contributed by atoms with Gasteiger partial charge in [-0.1, -0.05) is 19.8 Å². The number of aryl methyl sites for hydroxylation is 1. The van der Waals surface area contributed by atoms with Crippen LogP contribution in [0.5, 0.6) is 0 Å². The molecular formula is C14H23N3O. The van der Waals surface area contributed by atoms with Crippen LogP contribution in [-0.2, 0) is 6.54 Å². The minimum atomic E-state index is -0.00250. The van der Waals surface area contributed by atoms with Gasteiger partial charge in [0.2, 0.25) is 0 Å². The van der Waals surface area contributed by atoms with Crippen LogP contribution < -0.4 is 10.9 Å². The van der Waals surface area contributed by atoms with Gasteiger partial charge in [0.1, 0.15) is 0 Å². The van der Waals surface area contributed by atoms with Gasteiger partial charge < -0.3 is 9.88 Å². The Morgan fingerprint density at radius 2 is 2.22 bits per heavy atom. The van der Waals surface area contributed by atoms with Crippen LogP contribution >= 0.6 is 0 Å². The average molecular weight is 249 g/mol. The summed E-state index contributed by atoms with van der Waals surface area (Å²) in [5.74, 6) is 1.33. The molecule has 1 saturated carbocycles. The van der Waals surface area contributed by atoms with Crippen molar-refractivity contribution < 1.29 is 0 Å². The molecule has 1 aliphatic rings. The van der Waals surface area contributed by atoms with Crippen molar-refractivity contribution in [1.29, 1.82) is 0 Å². The minimum Gasteiger partial charge on any atom is -0.363 e. The smallest absolute Gasteiger partial charge is 0.293 e. The van der Waals surface area contributed by atoms with Crippen LogP contribution in [0.15, 0.2) is 17.2 Å². The van der Waals surface area contributed by atoms with Crippen molar-refractivity contribution in [2.75, 3.05) is 5.32 Å². The Bertz CT molecular complexity index is 441. The maximum Gasteiger partial charge on any atom is 0.293 e. The summed E-state index contributed by atoms with van der Waals surface area (Å²) in [6.45, 7) is 4.98. The van der Waals surface area contributed by atoms with E-state index in [9.17, 15) is 4.79 Å². The van der Waals surface area contributed by atoms with Crippen LogP contribution in [0.1, 0.15) is 46.0 Å². The molecule has 0 amide bonds. The Balaban J connectivity index is 2.07. The van der Waals surface area contributed by atoms with Crippen molar-refractivity contribution in [2.45, 2.75) is 58.5 Å². The zero-order chi connectivity index (χ0) is 13.0. The van der Waals surface area contributed by atoms with Gasteiger partial charge in [-0.05, 0) is 32.1 Å². The van der Waals surface area contributed by atoms with Gasteiger partial charge in [0.15, 0.2) is 5.82 Å². The first-order valence-electron chi connectivity index (χ1n) is 7.02. The second-order valence-electron chi connectivity index (χ2n) is 5.32. The monoisotopic (exact) mass is 249 g/mol. The number of hydrogen-bond donors (Lipinski definition) is 1. The molecule has 1 fully saturated rings. The van der Waals surface area contributed by atoms with Gasteiger partial charge in [-0.2, -0.15) is 0 Å². The molecule has 0 spiro atoms. The van der Waals surface area contributed by atoms with E-state index in [0.29, 0.717) is 18.4 Å². The highest BCUT2D eigenvalue weighted by atomic mass is 16.1. The van der Waals surface area contributed by atoms with Crippen LogP contribution in [0.25, 0.3) is 0 Å². The first kappa shape index (κ1) is 13.1. The SMILES string of the molecule is CCn1ccnc(NC2CCCC(C)CC2)c1=O. The van der Waals surface area contributed by atoms with Gasteiger partial charge in [-0.15, -0.1) is 0 Å². The van der Waals surface area contributed by atoms with E-state index in [4.69, 9.17) is 0 Å². The number of aromatic nitrogens is 2. The summed E-state index contributed by atoms with van der Waals surface area (Å²) >= 11 is 0. The summed E-state index contributed by atoms with van der Waals surface area (Å²) in [6.07, 6.45) is 9.52. The fourth-order valence-electron chi connectivity index (χ4n) is 2.62. The predicted molar refractivity (Wildman–Crippen MR) is 73.8 cm³/mol. The number of nitrogens with zero attached hydrogens (tertiary/aromatic N) is 2. The Hall–Kier alpha value is -1.32.